The van der Waals surface area contributed by atoms with Crippen molar-refractivity contribution < 1.29 is 13.5 Å². The Morgan fingerprint density at radius 3 is 2.64 bits per heavy atom. The average Bonchev–Trinajstić information content (AvgIpc) is 2.17. The third kappa shape index (κ3) is 2.12. The molecular weight excluding hydrogens is 212 g/mol. The normalized spacial score (nSPS) is 10.7. The molecule has 1 aromatic rings. The summed E-state index contributed by atoms with van der Waals surface area (Å²) in [5, 5.41) is 0. The zero-order valence-corrected chi connectivity index (χ0v) is 8.61. The topological polar surface area (TPSA) is 22.1 Å². The average molecular weight is 222 g/mol. The highest BCUT2D eigenvalue weighted by atomic mass is 35.5. The Labute approximate surface area is 85.9 Å². The van der Waals surface area contributed by atoms with Crippen LogP contribution < -0.4 is 4.74 Å². The van der Waals surface area contributed by atoms with Gasteiger partial charge in [-0.3, -0.25) is 0 Å². The predicted molar refractivity (Wildman–Crippen MR) is 50.0 cm³/mol. The van der Waals surface area contributed by atoms with E-state index < -0.39 is 6.43 Å². The van der Waals surface area contributed by atoms with Gasteiger partial charge in [0.25, 0.3) is 6.43 Å². The van der Waals surface area contributed by atoms with Crippen molar-refractivity contribution in [3.8, 4) is 5.88 Å². The van der Waals surface area contributed by atoms with Crippen LogP contribution in [0.4, 0.5) is 8.78 Å². The lowest BCUT2D eigenvalue weighted by Crippen LogP contribution is -2.00. The van der Waals surface area contributed by atoms with Crippen LogP contribution in [-0.2, 0) is 5.88 Å². The van der Waals surface area contributed by atoms with Crippen LogP contribution in [0.2, 0.25) is 0 Å². The molecule has 0 N–H and O–H groups in total. The third-order valence-electron chi connectivity index (χ3n) is 1.92. The Balaban J connectivity index is 3.25. The molecule has 0 fully saturated rings. The summed E-state index contributed by atoms with van der Waals surface area (Å²) in [5.41, 5.74) is 1.02. The minimum Gasteiger partial charge on any atom is -0.481 e. The van der Waals surface area contributed by atoms with E-state index in [1.807, 2.05) is 0 Å². The fraction of sp³-hybridized carbons (Fsp3) is 0.444. The van der Waals surface area contributed by atoms with Crippen molar-refractivity contribution in [2.45, 2.75) is 19.2 Å². The van der Waals surface area contributed by atoms with Crippen molar-refractivity contribution in [3.05, 3.63) is 22.9 Å². The molecule has 0 bridgehead atoms. The lowest BCUT2D eigenvalue weighted by Gasteiger charge is -2.09. The first kappa shape index (κ1) is 11.2. The highest BCUT2D eigenvalue weighted by Crippen LogP contribution is 2.26. The molecular formula is C9H10ClF2NO. The Bertz CT molecular complexity index is 306. The van der Waals surface area contributed by atoms with E-state index in [1.165, 1.54) is 13.2 Å². The van der Waals surface area contributed by atoms with Crippen LogP contribution in [0.5, 0.6) is 5.88 Å². The summed E-state index contributed by atoms with van der Waals surface area (Å²) in [6.07, 6.45) is -2.61. The van der Waals surface area contributed by atoms with Crippen molar-refractivity contribution >= 4 is 11.6 Å². The quantitative estimate of drug-likeness (QED) is 0.732. The van der Waals surface area contributed by atoms with Gasteiger partial charge in [0.1, 0.15) is 5.69 Å². The lowest BCUT2D eigenvalue weighted by atomic mass is 10.1. The van der Waals surface area contributed by atoms with E-state index in [1.54, 1.807) is 6.92 Å². The largest absolute Gasteiger partial charge is 0.481 e. The molecule has 0 saturated carbocycles. The van der Waals surface area contributed by atoms with Gasteiger partial charge in [-0.1, -0.05) is 0 Å². The molecule has 0 saturated heterocycles. The van der Waals surface area contributed by atoms with Gasteiger partial charge in [0, 0.05) is 11.4 Å². The standard InChI is InChI=1S/C9H10ClF2NO/c1-5-6(4-10)3-7(8(11)12)13-9(5)14-2/h3,8H,4H2,1-2H3. The Hall–Kier alpha value is -0.900. The number of hydrogen-bond donors (Lipinski definition) is 0. The number of methoxy groups -OCH3 is 1. The summed E-state index contributed by atoms with van der Waals surface area (Å²) in [6.45, 7) is 1.73. The van der Waals surface area contributed by atoms with Crippen LogP contribution in [0.1, 0.15) is 23.2 Å². The second-order valence-corrected chi connectivity index (χ2v) is 3.04. The number of aromatic nitrogens is 1. The van der Waals surface area contributed by atoms with E-state index in [0.29, 0.717) is 11.1 Å². The van der Waals surface area contributed by atoms with Crippen molar-refractivity contribution in [1.29, 1.82) is 0 Å². The van der Waals surface area contributed by atoms with Gasteiger partial charge in [-0.25, -0.2) is 13.8 Å². The predicted octanol–water partition coefficient (Wildman–Crippen LogP) is 3.08. The third-order valence-corrected chi connectivity index (χ3v) is 2.20. The fourth-order valence-electron chi connectivity index (χ4n) is 1.11. The maximum atomic E-state index is 12.4. The molecule has 2 nitrogen and oxygen atoms in total. The first-order valence-electron chi connectivity index (χ1n) is 3.98. The number of nitrogens with zero attached hydrogens (tertiary/aromatic N) is 1. The van der Waals surface area contributed by atoms with Gasteiger partial charge in [0.2, 0.25) is 5.88 Å². The maximum Gasteiger partial charge on any atom is 0.280 e. The zero-order valence-electron chi connectivity index (χ0n) is 7.85. The summed E-state index contributed by atoms with van der Waals surface area (Å²) in [5.74, 6) is 0.378. The van der Waals surface area contributed by atoms with Gasteiger partial charge in [0.05, 0.1) is 7.11 Å². The number of rotatable bonds is 3. The van der Waals surface area contributed by atoms with Crippen molar-refractivity contribution in [1.82, 2.24) is 4.98 Å². The van der Waals surface area contributed by atoms with Gasteiger partial charge in [0.15, 0.2) is 0 Å². The zero-order chi connectivity index (χ0) is 10.7. The number of alkyl halides is 3. The lowest BCUT2D eigenvalue weighted by molar-refractivity contribution is 0.145. The fourth-order valence-corrected chi connectivity index (χ4v) is 1.38. The van der Waals surface area contributed by atoms with Crippen LogP contribution in [0, 0.1) is 6.92 Å². The molecule has 1 heterocycles. The number of pyridine rings is 1. The van der Waals surface area contributed by atoms with E-state index in [9.17, 15) is 8.78 Å². The SMILES string of the molecule is COc1nc(C(F)F)cc(CCl)c1C. The van der Waals surface area contributed by atoms with Crippen LogP contribution >= 0.6 is 11.6 Å². The van der Waals surface area contributed by atoms with Gasteiger partial charge in [-0.2, -0.15) is 0 Å². The van der Waals surface area contributed by atoms with Crippen molar-refractivity contribution in [2.24, 2.45) is 0 Å². The first-order chi connectivity index (χ1) is 6.60. The molecule has 14 heavy (non-hydrogen) atoms. The molecule has 0 spiro atoms. The minimum absolute atomic E-state index is 0.171. The first-order valence-corrected chi connectivity index (χ1v) is 4.52. The molecule has 0 radical (unpaired) electrons. The molecule has 5 heteroatoms. The highest BCUT2D eigenvalue weighted by Gasteiger charge is 2.14. The number of hydrogen-bond acceptors (Lipinski definition) is 2. The van der Waals surface area contributed by atoms with E-state index in [2.05, 4.69) is 4.98 Å². The number of halogens is 3. The Kier molecular flexibility index (Phi) is 3.63. The maximum absolute atomic E-state index is 12.4. The summed E-state index contributed by atoms with van der Waals surface area (Å²) >= 11 is 5.61. The molecule has 1 aromatic heterocycles. The van der Waals surface area contributed by atoms with Gasteiger partial charge >= 0.3 is 0 Å². The number of ether oxygens (including phenoxy) is 1. The van der Waals surface area contributed by atoms with Gasteiger partial charge in [-0.05, 0) is 18.6 Å². The molecule has 78 valence electrons. The summed E-state index contributed by atoms with van der Waals surface area (Å²) in [4.78, 5) is 3.67. The minimum atomic E-state index is -2.61. The van der Waals surface area contributed by atoms with Crippen LogP contribution in [-0.4, -0.2) is 12.1 Å². The van der Waals surface area contributed by atoms with E-state index >= 15 is 0 Å². The molecule has 0 atom stereocenters. The molecule has 0 amide bonds. The Morgan fingerprint density at radius 2 is 2.21 bits per heavy atom. The van der Waals surface area contributed by atoms with E-state index in [-0.39, 0.29) is 17.5 Å². The summed E-state index contributed by atoms with van der Waals surface area (Å²) in [7, 11) is 1.39. The molecule has 1 rings (SSSR count). The molecule has 0 aliphatic rings. The van der Waals surface area contributed by atoms with Gasteiger partial charge in [-0.15, -0.1) is 11.6 Å². The summed E-state index contributed by atoms with van der Waals surface area (Å²) in [6, 6.07) is 1.30. The summed E-state index contributed by atoms with van der Waals surface area (Å²) < 4.78 is 29.6. The second kappa shape index (κ2) is 4.55. The van der Waals surface area contributed by atoms with E-state index in [4.69, 9.17) is 16.3 Å². The van der Waals surface area contributed by atoms with E-state index in [0.717, 1.165) is 0 Å². The molecule has 0 aromatic carbocycles. The van der Waals surface area contributed by atoms with Crippen molar-refractivity contribution in [2.75, 3.05) is 7.11 Å². The van der Waals surface area contributed by atoms with Crippen LogP contribution in [0.3, 0.4) is 0 Å². The molecule has 0 aliphatic carbocycles. The van der Waals surface area contributed by atoms with Gasteiger partial charge < -0.3 is 4.74 Å². The monoisotopic (exact) mass is 221 g/mol. The second-order valence-electron chi connectivity index (χ2n) is 2.77. The Morgan fingerprint density at radius 1 is 1.57 bits per heavy atom. The molecule has 0 aliphatic heterocycles. The van der Waals surface area contributed by atoms with Crippen LogP contribution in [0.25, 0.3) is 0 Å². The molecule has 0 unspecified atom stereocenters. The smallest absolute Gasteiger partial charge is 0.280 e. The van der Waals surface area contributed by atoms with Crippen molar-refractivity contribution in [3.63, 3.8) is 0 Å². The highest BCUT2D eigenvalue weighted by molar-refractivity contribution is 6.17. The van der Waals surface area contributed by atoms with Crippen LogP contribution in [0.15, 0.2) is 6.07 Å².